The fourth-order valence-electron chi connectivity index (χ4n) is 5.45. The second-order valence-electron chi connectivity index (χ2n) is 8.87. The zero-order chi connectivity index (χ0) is 19.7. The second-order valence-corrected chi connectivity index (χ2v) is 8.87. The number of hydrogen-bond donors (Lipinski definition) is 1. The number of aromatic nitrogens is 1. The minimum Gasteiger partial charge on any atom is -0.497 e. The van der Waals surface area contributed by atoms with Gasteiger partial charge in [-0.15, -0.1) is 0 Å². The zero-order valence-electron chi connectivity index (χ0n) is 17.3. The lowest BCUT2D eigenvalue weighted by Crippen LogP contribution is -2.32. The molecule has 0 amide bonds. The number of nitrogens with one attached hydrogen (secondary N) is 1. The molecule has 3 heteroatoms. The molecule has 1 fully saturated rings. The van der Waals surface area contributed by atoms with Crippen LogP contribution in [0.2, 0.25) is 0 Å². The SMILES string of the molecule is COc1cccc(CNc2c3c(nc4ccccc24)CCC2(CCCCC2)C3)c1. The Labute approximate surface area is 173 Å². The topological polar surface area (TPSA) is 34.1 Å². The van der Waals surface area contributed by atoms with Crippen molar-refractivity contribution in [3.63, 3.8) is 0 Å². The van der Waals surface area contributed by atoms with E-state index in [1.807, 2.05) is 6.07 Å². The molecule has 0 atom stereocenters. The highest BCUT2D eigenvalue weighted by molar-refractivity contribution is 5.93. The van der Waals surface area contributed by atoms with E-state index >= 15 is 0 Å². The average Bonchev–Trinajstić information content (AvgIpc) is 2.78. The Bertz CT molecular complexity index is 1020. The van der Waals surface area contributed by atoms with Gasteiger partial charge in [0.1, 0.15) is 5.75 Å². The predicted octanol–water partition coefficient (Wildman–Crippen LogP) is 6.29. The number of nitrogens with zero attached hydrogens (tertiary/aromatic N) is 1. The van der Waals surface area contributed by atoms with Crippen LogP contribution in [0.4, 0.5) is 5.69 Å². The Balaban J connectivity index is 1.53. The third-order valence-corrected chi connectivity index (χ3v) is 7.04. The molecule has 1 N–H and O–H groups in total. The van der Waals surface area contributed by atoms with Crippen LogP contribution < -0.4 is 10.1 Å². The van der Waals surface area contributed by atoms with Crippen LogP contribution in [-0.4, -0.2) is 12.1 Å². The first kappa shape index (κ1) is 18.5. The summed E-state index contributed by atoms with van der Waals surface area (Å²) >= 11 is 0. The first-order valence-electron chi connectivity index (χ1n) is 11.0. The third-order valence-electron chi connectivity index (χ3n) is 7.04. The normalized spacial score (nSPS) is 17.8. The number of rotatable bonds is 4. The van der Waals surface area contributed by atoms with Crippen molar-refractivity contribution in [2.45, 2.75) is 57.9 Å². The van der Waals surface area contributed by atoms with Crippen LogP contribution in [0, 0.1) is 5.41 Å². The van der Waals surface area contributed by atoms with Crippen LogP contribution in [0.15, 0.2) is 48.5 Å². The molecule has 1 saturated carbocycles. The van der Waals surface area contributed by atoms with Gasteiger partial charge >= 0.3 is 0 Å². The lowest BCUT2D eigenvalue weighted by atomic mass is 9.64. The highest BCUT2D eigenvalue weighted by Gasteiger charge is 2.37. The molecule has 0 saturated heterocycles. The molecule has 2 aliphatic carbocycles. The van der Waals surface area contributed by atoms with Gasteiger partial charge in [-0.3, -0.25) is 4.98 Å². The van der Waals surface area contributed by atoms with E-state index in [-0.39, 0.29) is 0 Å². The molecule has 2 aliphatic rings. The maximum Gasteiger partial charge on any atom is 0.119 e. The zero-order valence-corrected chi connectivity index (χ0v) is 17.3. The number of pyridine rings is 1. The average molecular weight is 387 g/mol. The van der Waals surface area contributed by atoms with E-state index in [1.54, 1.807) is 7.11 Å². The van der Waals surface area contributed by atoms with Gasteiger partial charge in [0.05, 0.1) is 12.6 Å². The van der Waals surface area contributed by atoms with Gasteiger partial charge in [-0.2, -0.15) is 0 Å². The summed E-state index contributed by atoms with van der Waals surface area (Å²) in [4.78, 5) is 5.08. The van der Waals surface area contributed by atoms with E-state index in [4.69, 9.17) is 9.72 Å². The summed E-state index contributed by atoms with van der Waals surface area (Å²) in [6.07, 6.45) is 10.6. The van der Waals surface area contributed by atoms with Crippen molar-refractivity contribution >= 4 is 16.6 Å². The summed E-state index contributed by atoms with van der Waals surface area (Å²) in [5.74, 6) is 0.909. The van der Waals surface area contributed by atoms with Crippen molar-refractivity contribution in [2.75, 3.05) is 12.4 Å². The number of aryl methyl sites for hydroxylation is 1. The fourth-order valence-corrected chi connectivity index (χ4v) is 5.45. The monoisotopic (exact) mass is 386 g/mol. The molecule has 0 bridgehead atoms. The van der Waals surface area contributed by atoms with Crippen molar-refractivity contribution in [3.8, 4) is 5.75 Å². The lowest BCUT2D eigenvalue weighted by molar-refractivity contribution is 0.161. The summed E-state index contributed by atoms with van der Waals surface area (Å²) in [7, 11) is 1.73. The molecular formula is C26H30N2O. The van der Waals surface area contributed by atoms with Gasteiger partial charge in [-0.1, -0.05) is 49.6 Å². The molecule has 150 valence electrons. The molecule has 1 spiro atoms. The molecule has 29 heavy (non-hydrogen) atoms. The maximum absolute atomic E-state index is 5.41. The maximum atomic E-state index is 5.41. The molecule has 3 aromatic rings. The Kier molecular flexibility index (Phi) is 4.91. The van der Waals surface area contributed by atoms with Crippen molar-refractivity contribution in [1.82, 2.24) is 4.98 Å². The van der Waals surface area contributed by atoms with E-state index in [1.165, 1.54) is 72.8 Å². The largest absolute Gasteiger partial charge is 0.497 e. The number of fused-ring (bicyclic) bond motifs is 2. The van der Waals surface area contributed by atoms with Crippen molar-refractivity contribution < 1.29 is 4.74 Å². The number of anilines is 1. The first-order valence-corrected chi connectivity index (χ1v) is 11.0. The molecule has 2 aromatic carbocycles. The van der Waals surface area contributed by atoms with Gasteiger partial charge < -0.3 is 10.1 Å². The van der Waals surface area contributed by atoms with Crippen LogP contribution in [0.25, 0.3) is 10.9 Å². The number of para-hydroxylation sites is 1. The quantitative estimate of drug-likeness (QED) is 0.572. The Hall–Kier alpha value is -2.55. The van der Waals surface area contributed by atoms with Gasteiger partial charge in [0.2, 0.25) is 0 Å². The van der Waals surface area contributed by atoms with Crippen LogP contribution in [0.3, 0.4) is 0 Å². The van der Waals surface area contributed by atoms with E-state index in [0.29, 0.717) is 5.41 Å². The fraction of sp³-hybridized carbons (Fsp3) is 0.423. The van der Waals surface area contributed by atoms with Gasteiger partial charge in [0, 0.05) is 23.3 Å². The second kappa shape index (κ2) is 7.70. The number of ether oxygens (including phenoxy) is 1. The Morgan fingerprint density at radius 3 is 2.72 bits per heavy atom. The van der Waals surface area contributed by atoms with Crippen LogP contribution in [0.1, 0.15) is 55.3 Å². The van der Waals surface area contributed by atoms with Crippen LogP contribution in [-0.2, 0) is 19.4 Å². The molecule has 3 nitrogen and oxygen atoms in total. The third kappa shape index (κ3) is 3.59. The van der Waals surface area contributed by atoms with Gasteiger partial charge in [-0.05, 0) is 66.8 Å². The highest BCUT2D eigenvalue weighted by atomic mass is 16.5. The van der Waals surface area contributed by atoms with E-state index < -0.39 is 0 Å². The van der Waals surface area contributed by atoms with E-state index in [9.17, 15) is 0 Å². The highest BCUT2D eigenvalue weighted by Crippen LogP contribution is 2.48. The summed E-state index contributed by atoms with van der Waals surface area (Å²) in [5, 5.41) is 5.06. The number of benzene rings is 2. The number of methoxy groups -OCH3 is 1. The summed E-state index contributed by atoms with van der Waals surface area (Å²) < 4.78 is 5.41. The lowest BCUT2D eigenvalue weighted by Gasteiger charge is -2.41. The minimum atomic E-state index is 0.502. The molecule has 1 aromatic heterocycles. The smallest absolute Gasteiger partial charge is 0.119 e. The molecule has 1 heterocycles. The van der Waals surface area contributed by atoms with Gasteiger partial charge in [0.25, 0.3) is 0 Å². The van der Waals surface area contributed by atoms with E-state index in [0.717, 1.165) is 24.2 Å². The minimum absolute atomic E-state index is 0.502. The molecule has 0 radical (unpaired) electrons. The number of hydrogen-bond acceptors (Lipinski definition) is 3. The van der Waals surface area contributed by atoms with Crippen molar-refractivity contribution in [1.29, 1.82) is 0 Å². The van der Waals surface area contributed by atoms with Gasteiger partial charge in [-0.25, -0.2) is 0 Å². The van der Waals surface area contributed by atoms with Gasteiger partial charge in [0.15, 0.2) is 0 Å². The molecule has 0 aliphatic heterocycles. The standard InChI is InChI=1S/C26H30N2O/c1-29-20-9-7-8-19(16-20)18-27-25-21-10-3-4-11-23(21)28-24-12-15-26(17-22(24)25)13-5-2-6-14-26/h3-4,7-11,16H,2,5-6,12-15,17-18H2,1H3,(H,27,28). The molecule has 5 rings (SSSR count). The summed E-state index contributed by atoms with van der Waals surface area (Å²) in [6.45, 7) is 0.796. The van der Waals surface area contributed by atoms with Crippen LogP contribution in [0.5, 0.6) is 5.75 Å². The van der Waals surface area contributed by atoms with Crippen molar-refractivity contribution in [2.24, 2.45) is 5.41 Å². The molecule has 0 unspecified atom stereocenters. The summed E-state index contributed by atoms with van der Waals surface area (Å²) in [6, 6.07) is 16.9. The predicted molar refractivity (Wildman–Crippen MR) is 120 cm³/mol. The first-order chi connectivity index (χ1) is 14.3. The summed E-state index contributed by atoms with van der Waals surface area (Å²) in [5.41, 5.74) is 6.94. The van der Waals surface area contributed by atoms with E-state index in [2.05, 4.69) is 47.8 Å². The Morgan fingerprint density at radius 1 is 1.00 bits per heavy atom. The molecular weight excluding hydrogens is 356 g/mol. The Morgan fingerprint density at radius 2 is 1.86 bits per heavy atom. The van der Waals surface area contributed by atoms with Crippen molar-refractivity contribution in [3.05, 3.63) is 65.4 Å². The van der Waals surface area contributed by atoms with Crippen LogP contribution >= 0.6 is 0 Å².